The average Bonchev–Trinajstić information content (AvgIpc) is 2.30. The molecule has 6 heteroatoms. The van der Waals surface area contributed by atoms with E-state index in [1.54, 1.807) is 25.1 Å². The Balaban J connectivity index is 2.80. The molecule has 1 N–H and O–H groups in total. The lowest BCUT2D eigenvalue weighted by Crippen LogP contribution is -2.18. The van der Waals surface area contributed by atoms with Gasteiger partial charge in [-0.2, -0.15) is 0 Å². The smallest absolute Gasteiger partial charge is 0.341 e. The quantitative estimate of drug-likeness (QED) is 0.926. The van der Waals surface area contributed by atoms with Crippen LogP contribution in [-0.4, -0.2) is 15.6 Å². The second-order valence-corrected chi connectivity index (χ2v) is 4.75. The van der Waals surface area contributed by atoms with Gasteiger partial charge in [0.15, 0.2) is 5.43 Å². The van der Waals surface area contributed by atoms with Gasteiger partial charge in [-0.05, 0) is 19.1 Å². The molecule has 0 saturated heterocycles. The van der Waals surface area contributed by atoms with Gasteiger partial charge in [0.2, 0.25) is 0 Å². The topological polar surface area (TPSA) is 59.3 Å². The van der Waals surface area contributed by atoms with E-state index in [1.165, 1.54) is 16.8 Å². The zero-order valence-electron chi connectivity index (χ0n) is 9.85. The first kappa shape index (κ1) is 13.6. The minimum atomic E-state index is -1.29. The summed E-state index contributed by atoms with van der Waals surface area (Å²) >= 11 is 12.2. The van der Waals surface area contributed by atoms with Crippen molar-refractivity contribution < 1.29 is 9.90 Å². The number of hydrogen-bond acceptors (Lipinski definition) is 2. The number of carboxylic acids is 1. The molecule has 0 spiro atoms. The number of aromatic carboxylic acids is 1. The predicted molar refractivity (Wildman–Crippen MR) is 73.8 cm³/mol. The molecular formula is C13H9Cl2NO3. The van der Waals surface area contributed by atoms with Gasteiger partial charge < -0.3 is 9.67 Å². The molecule has 0 fully saturated rings. The maximum Gasteiger partial charge on any atom is 0.341 e. The highest BCUT2D eigenvalue weighted by Gasteiger charge is 2.14. The number of pyridine rings is 1. The van der Waals surface area contributed by atoms with Crippen molar-refractivity contribution in [3.63, 3.8) is 0 Å². The average molecular weight is 298 g/mol. The van der Waals surface area contributed by atoms with E-state index in [4.69, 9.17) is 28.3 Å². The highest BCUT2D eigenvalue weighted by atomic mass is 35.5. The summed E-state index contributed by atoms with van der Waals surface area (Å²) in [4.78, 5) is 22.6. The number of rotatable bonds is 2. The van der Waals surface area contributed by atoms with E-state index in [0.29, 0.717) is 21.4 Å². The molecule has 0 atom stereocenters. The van der Waals surface area contributed by atoms with Crippen LogP contribution in [0.25, 0.3) is 5.69 Å². The Labute approximate surface area is 118 Å². The largest absolute Gasteiger partial charge is 0.477 e. The summed E-state index contributed by atoms with van der Waals surface area (Å²) < 4.78 is 1.50. The molecule has 1 aromatic carbocycles. The highest BCUT2D eigenvalue weighted by Crippen LogP contribution is 2.29. The Morgan fingerprint density at radius 1 is 1.26 bits per heavy atom. The van der Waals surface area contributed by atoms with Crippen molar-refractivity contribution in [3.05, 3.63) is 62.0 Å². The van der Waals surface area contributed by atoms with Crippen LogP contribution in [0.15, 0.2) is 35.3 Å². The van der Waals surface area contributed by atoms with E-state index in [-0.39, 0.29) is 5.56 Å². The number of nitrogens with zero attached hydrogens (tertiary/aromatic N) is 1. The van der Waals surface area contributed by atoms with Crippen LogP contribution in [0.4, 0.5) is 0 Å². The molecule has 2 rings (SSSR count). The fourth-order valence-electron chi connectivity index (χ4n) is 1.75. The molecule has 0 aliphatic carbocycles. The molecule has 0 radical (unpaired) electrons. The molecule has 4 nitrogen and oxygen atoms in total. The van der Waals surface area contributed by atoms with Crippen LogP contribution in [0.1, 0.15) is 16.1 Å². The van der Waals surface area contributed by atoms with Crippen LogP contribution in [0, 0.1) is 6.92 Å². The Bertz CT molecular complexity index is 702. The molecule has 0 saturated carbocycles. The van der Waals surface area contributed by atoms with E-state index in [2.05, 4.69) is 0 Å². The van der Waals surface area contributed by atoms with Crippen molar-refractivity contribution in [2.75, 3.05) is 0 Å². The van der Waals surface area contributed by atoms with Gasteiger partial charge in [-0.3, -0.25) is 4.79 Å². The van der Waals surface area contributed by atoms with Gasteiger partial charge in [-0.25, -0.2) is 4.79 Å². The molecular weight excluding hydrogens is 289 g/mol. The van der Waals surface area contributed by atoms with Gasteiger partial charge in [-0.15, -0.1) is 0 Å². The van der Waals surface area contributed by atoms with Crippen LogP contribution >= 0.6 is 23.2 Å². The van der Waals surface area contributed by atoms with Gasteiger partial charge in [0.1, 0.15) is 5.56 Å². The first-order valence-corrected chi connectivity index (χ1v) is 6.08. The molecule has 1 heterocycles. The Hall–Kier alpha value is -1.78. The van der Waals surface area contributed by atoms with Gasteiger partial charge in [0, 0.05) is 18.0 Å². The second-order valence-electron chi connectivity index (χ2n) is 3.94. The standard InChI is InChI=1S/C13H9Cl2NO3/c1-7-5-11(17)8(13(18)19)6-16(7)12-9(14)3-2-4-10(12)15/h2-6H,1H3,(H,18,19). The molecule has 2 aromatic rings. The fourth-order valence-corrected chi connectivity index (χ4v) is 2.33. The monoisotopic (exact) mass is 297 g/mol. The second kappa shape index (κ2) is 5.07. The summed E-state index contributed by atoms with van der Waals surface area (Å²) in [5, 5.41) is 9.73. The lowest BCUT2D eigenvalue weighted by molar-refractivity contribution is 0.0695. The van der Waals surface area contributed by atoms with Gasteiger partial charge in [0.25, 0.3) is 0 Å². The van der Waals surface area contributed by atoms with Crippen molar-refractivity contribution in [1.82, 2.24) is 4.57 Å². The third-order valence-corrected chi connectivity index (χ3v) is 3.26. The van der Waals surface area contributed by atoms with E-state index >= 15 is 0 Å². The van der Waals surface area contributed by atoms with Crippen molar-refractivity contribution >= 4 is 29.2 Å². The lowest BCUT2D eigenvalue weighted by Gasteiger charge is -2.14. The zero-order valence-corrected chi connectivity index (χ0v) is 11.4. The number of hydrogen-bond donors (Lipinski definition) is 1. The SMILES string of the molecule is Cc1cc(=O)c(C(=O)O)cn1-c1c(Cl)cccc1Cl. The molecule has 0 aliphatic rings. The van der Waals surface area contributed by atoms with Gasteiger partial charge in [0.05, 0.1) is 15.7 Å². The summed E-state index contributed by atoms with van der Waals surface area (Å²) in [7, 11) is 0. The molecule has 0 amide bonds. The van der Waals surface area contributed by atoms with Gasteiger partial charge in [-0.1, -0.05) is 29.3 Å². The van der Waals surface area contributed by atoms with E-state index in [0.717, 1.165) is 0 Å². The lowest BCUT2D eigenvalue weighted by atomic mass is 10.2. The number of carbonyl (C=O) groups is 1. The number of carboxylic acid groups (broad SMARTS) is 1. The third kappa shape index (κ3) is 2.50. The summed E-state index contributed by atoms with van der Waals surface area (Å²) in [5.74, 6) is -1.29. The van der Waals surface area contributed by atoms with Crippen molar-refractivity contribution in [3.8, 4) is 5.69 Å². The number of aromatic nitrogens is 1. The van der Waals surface area contributed by atoms with E-state index in [1.807, 2.05) is 0 Å². The van der Waals surface area contributed by atoms with E-state index < -0.39 is 11.4 Å². The zero-order chi connectivity index (χ0) is 14.2. The summed E-state index contributed by atoms with van der Waals surface area (Å²) in [6.45, 7) is 1.67. The summed E-state index contributed by atoms with van der Waals surface area (Å²) in [6.07, 6.45) is 1.23. The van der Waals surface area contributed by atoms with Crippen LogP contribution in [0.2, 0.25) is 10.0 Å². The Morgan fingerprint density at radius 2 is 1.84 bits per heavy atom. The maximum absolute atomic E-state index is 11.6. The van der Waals surface area contributed by atoms with Crippen LogP contribution < -0.4 is 5.43 Å². The normalized spacial score (nSPS) is 10.5. The Morgan fingerprint density at radius 3 is 2.37 bits per heavy atom. The molecule has 0 unspecified atom stereocenters. The Kier molecular flexibility index (Phi) is 3.64. The molecule has 19 heavy (non-hydrogen) atoms. The number of benzene rings is 1. The first-order valence-electron chi connectivity index (χ1n) is 5.33. The number of aryl methyl sites for hydroxylation is 1. The fraction of sp³-hybridized carbons (Fsp3) is 0.0769. The maximum atomic E-state index is 11.6. The van der Waals surface area contributed by atoms with Crippen LogP contribution in [0.3, 0.4) is 0 Å². The minimum absolute atomic E-state index is 0.332. The number of para-hydroxylation sites is 1. The summed E-state index contributed by atoms with van der Waals surface area (Å²) in [5.41, 5.74) is 0.113. The first-order chi connectivity index (χ1) is 8.91. The molecule has 1 aromatic heterocycles. The van der Waals surface area contributed by atoms with Crippen LogP contribution in [-0.2, 0) is 0 Å². The van der Waals surface area contributed by atoms with Crippen molar-refractivity contribution in [2.24, 2.45) is 0 Å². The van der Waals surface area contributed by atoms with Crippen molar-refractivity contribution in [1.29, 1.82) is 0 Å². The third-order valence-electron chi connectivity index (χ3n) is 2.65. The molecule has 0 bridgehead atoms. The summed E-state index contributed by atoms with van der Waals surface area (Å²) in [6, 6.07) is 6.20. The predicted octanol–water partition coefficient (Wildman–Crippen LogP) is 3.15. The minimum Gasteiger partial charge on any atom is -0.477 e. The molecule has 98 valence electrons. The van der Waals surface area contributed by atoms with Crippen molar-refractivity contribution in [2.45, 2.75) is 6.92 Å². The van der Waals surface area contributed by atoms with Crippen LogP contribution in [0.5, 0.6) is 0 Å². The van der Waals surface area contributed by atoms with Gasteiger partial charge >= 0.3 is 5.97 Å². The molecule has 0 aliphatic heterocycles. The number of halogens is 2. The van der Waals surface area contributed by atoms with E-state index in [9.17, 15) is 9.59 Å². The highest BCUT2D eigenvalue weighted by molar-refractivity contribution is 6.37.